The van der Waals surface area contributed by atoms with E-state index in [2.05, 4.69) is 99.9 Å². The van der Waals surface area contributed by atoms with Crippen molar-refractivity contribution >= 4 is 36.2 Å². The van der Waals surface area contributed by atoms with Gasteiger partial charge in [0.1, 0.15) is 11.2 Å². The molecule has 2 atom stereocenters. The molecule has 2 aliphatic heterocycles. The number of aliphatic imine (C=N–C) groups is 1. The minimum Gasteiger partial charge on any atom is -0.483 e. The molecule has 2 aliphatic rings. The molecule has 4 rings (SSSR count). The van der Waals surface area contributed by atoms with Crippen molar-refractivity contribution in [2.45, 2.75) is 145 Å². The number of carbonyl (C=O) groups is 1. The highest BCUT2D eigenvalue weighted by Crippen LogP contribution is 2.32. The smallest absolute Gasteiger partial charge is 0.290 e. The summed E-state index contributed by atoms with van der Waals surface area (Å²) in [4.78, 5) is 38.0. The molecule has 0 aromatic carbocycles. The number of nitrogens with zero attached hydrogens (tertiary/aromatic N) is 2. The van der Waals surface area contributed by atoms with Gasteiger partial charge in [-0.05, 0) is 117 Å². The number of aromatic amines is 2. The molecule has 0 radical (unpaired) electrons. The topological polar surface area (TPSA) is 141 Å². The predicted molar refractivity (Wildman–Crippen MR) is 243 cm³/mol. The van der Waals surface area contributed by atoms with Crippen molar-refractivity contribution in [1.29, 1.82) is 0 Å². The zero-order valence-electron chi connectivity index (χ0n) is 37.9. The van der Waals surface area contributed by atoms with Gasteiger partial charge in [-0.1, -0.05) is 60.6 Å². The third-order valence-corrected chi connectivity index (χ3v) is 11.4. The molecular formula is C45H79N5O6S. The number of allylic oxidation sites excluding steroid dienone is 2. The number of aryl methyl sites for hydroxylation is 1. The van der Waals surface area contributed by atoms with Crippen LogP contribution in [-0.2, 0) is 19.1 Å². The molecule has 4 heterocycles. The summed E-state index contributed by atoms with van der Waals surface area (Å²) in [6.07, 6.45) is 11.8. The van der Waals surface area contributed by atoms with Crippen LogP contribution in [-0.4, -0.2) is 81.0 Å². The second kappa shape index (κ2) is 27.4. The molecule has 2 unspecified atom stereocenters. The van der Waals surface area contributed by atoms with Crippen LogP contribution in [0.15, 0.2) is 58.7 Å². The summed E-state index contributed by atoms with van der Waals surface area (Å²) in [6, 6.07) is 5.77. The van der Waals surface area contributed by atoms with Crippen LogP contribution in [0.25, 0.3) is 5.70 Å². The van der Waals surface area contributed by atoms with Gasteiger partial charge < -0.3 is 29.4 Å². The van der Waals surface area contributed by atoms with Crippen LogP contribution in [0.5, 0.6) is 0 Å². The monoisotopic (exact) mass is 818 g/mol. The number of hydrogen-bond donors (Lipinski definition) is 5. The molecule has 57 heavy (non-hydrogen) atoms. The quantitative estimate of drug-likeness (QED) is 0.0518. The number of rotatable bonds is 15. The number of nitrogens with one attached hydrogen (secondary N) is 3. The van der Waals surface area contributed by atoms with Gasteiger partial charge in [0.25, 0.3) is 12.0 Å². The van der Waals surface area contributed by atoms with Crippen molar-refractivity contribution in [3.05, 3.63) is 70.6 Å². The van der Waals surface area contributed by atoms with E-state index in [9.17, 15) is 4.79 Å². The van der Waals surface area contributed by atoms with E-state index in [4.69, 9.17) is 24.2 Å². The lowest BCUT2D eigenvalue weighted by Gasteiger charge is -2.44. The highest BCUT2D eigenvalue weighted by Gasteiger charge is 2.42. The van der Waals surface area contributed by atoms with Gasteiger partial charge in [-0.25, -0.2) is 0 Å². The number of H-pyrrole nitrogens is 2. The summed E-state index contributed by atoms with van der Waals surface area (Å²) in [6.45, 7) is 37.7. The SMILES string of the molecule is C=C(C)N1CCCC1.CC=C(N=C(C)C(C)CC)c1ccc[nH]1.CCC(C)CCOC1(C(C)C)COC1.Cc1cc(NOC(C)(C)C(C)(C)S)c[nH]c1=O.O=CO. The van der Waals surface area contributed by atoms with Crippen LogP contribution in [0.1, 0.15) is 133 Å². The maximum Gasteiger partial charge on any atom is 0.290 e. The molecule has 2 aromatic heterocycles. The first-order valence-corrected chi connectivity index (χ1v) is 21.0. The van der Waals surface area contributed by atoms with Crippen LogP contribution in [0.2, 0.25) is 0 Å². The van der Waals surface area contributed by atoms with Crippen molar-refractivity contribution in [3.63, 3.8) is 0 Å². The van der Waals surface area contributed by atoms with Gasteiger partial charge in [0.05, 0.1) is 30.3 Å². The van der Waals surface area contributed by atoms with Crippen molar-refractivity contribution in [2.75, 3.05) is 38.4 Å². The summed E-state index contributed by atoms with van der Waals surface area (Å²) >= 11 is 4.50. The maximum absolute atomic E-state index is 11.2. The summed E-state index contributed by atoms with van der Waals surface area (Å²) in [5.41, 5.74) is 8.21. The van der Waals surface area contributed by atoms with Crippen molar-refractivity contribution in [2.24, 2.45) is 22.7 Å². The van der Waals surface area contributed by atoms with Crippen LogP contribution in [0.4, 0.5) is 5.69 Å². The number of aromatic nitrogens is 2. The molecule has 2 fully saturated rings. The van der Waals surface area contributed by atoms with E-state index >= 15 is 0 Å². The van der Waals surface area contributed by atoms with E-state index in [0.29, 0.717) is 23.1 Å². The van der Waals surface area contributed by atoms with Crippen LogP contribution in [0, 0.1) is 24.7 Å². The minimum atomic E-state index is -0.458. The Labute approximate surface area is 350 Å². The molecular weight excluding hydrogens is 739 g/mol. The molecule has 2 saturated heterocycles. The standard InChI is InChI=1S/C13H20N2.C12H20N2O2S.C12H24O2.C7H13N.CH2O2/c1-5-10(3)11(4)15-12(6-2)13-8-7-9-14-13;1-8-6-9(7-13-10(8)15)14-16-11(2,3)12(4,5)17;1-5-11(4)6-7-14-12(10(2)3)8-13-9-12;1-7(2)8-5-3-4-6-8;2-1-3/h6-10,14H,5H2,1-4H3;6-7,14,17H,1-5H3,(H,13,15);10-11H,5-9H2,1-4H3;1,3-6H2,2H3;1H,(H,2,3). The first kappa shape index (κ1) is 53.7. The van der Waals surface area contributed by atoms with Crippen molar-refractivity contribution in [1.82, 2.24) is 14.9 Å². The van der Waals surface area contributed by atoms with E-state index in [0.717, 1.165) is 43.6 Å². The predicted octanol–water partition coefficient (Wildman–Crippen LogP) is 10.6. The Balaban J connectivity index is 0.000000732. The van der Waals surface area contributed by atoms with Crippen LogP contribution >= 0.6 is 12.6 Å². The van der Waals surface area contributed by atoms with E-state index in [1.54, 1.807) is 19.2 Å². The van der Waals surface area contributed by atoms with E-state index in [1.165, 1.54) is 50.2 Å². The van der Waals surface area contributed by atoms with Gasteiger partial charge in [-0.3, -0.25) is 24.9 Å². The second-order valence-corrected chi connectivity index (χ2v) is 17.5. The minimum absolute atomic E-state index is 0.0352. The Morgan fingerprint density at radius 1 is 1.12 bits per heavy atom. The van der Waals surface area contributed by atoms with E-state index in [1.807, 2.05) is 59.0 Å². The second-order valence-electron chi connectivity index (χ2n) is 16.4. The Hall–Kier alpha value is -3.32. The fourth-order valence-corrected chi connectivity index (χ4v) is 5.03. The molecule has 4 N–H and O–H groups in total. The van der Waals surface area contributed by atoms with Gasteiger partial charge in [0.15, 0.2) is 0 Å². The lowest BCUT2D eigenvalue weighted by Crippen LogP contribution is -2.56. The molecule has 0 saturated carbocycles. The van der Waals surface area contributed by atoms with Crippen molar-refractivity contribution < 1.29 is 24.2 Å². The molecule has 0 aliphatic carbocycles. The highest BCUT2D eigenvalue weighted by atomic mass is 32.1. The number of anilines is 1. The first-order valence-electron chi connectivity index (χ1n) is 20.6. The maximum atomic E-state index is 11.2. The average Bonchev–Trinajstić information content (AvgIpc) is 3.88. The normalized spacial score (nSPS) is 16.2. The Morgan fingerprint density at radius 3 is 2.11 bits per heavy atom. The van der Waals surface area contributed by atoms with E-state index < -0.39 is 5.60 Å². The first-order chi connectivity index (χ1) is 26.6. The lowest BCUT2D eigenvalue weighted by atomic mass is 9.88. The summed E-state index contributed by atoms with van der Waals surface area (Å²) in [5, 5.41) is 6.89. The van der Waals surface area contributed by atoms with Gasteiger partial charge >= 0.3 is 0 Å². The molecule has 11 nitrogen and oxygen atoms in total. The number of pyridine rings is 1. The Bertz CT molecular complexity index is 1520. The Morgan fingerprint density at radius 2 is 1.72 bits per heavy atom. The number of hydrogen-bond acceptors (Lipinski definition) is 9. The Kier molecular flexibility index (Phi) is 25.8. The fourth-order valence-electron chi connectivity index (χ4n) is 4.99. The summed E-state index contributed by atoms with van der Waals surface area (Å²) in [5.74, 6) is 1.89. The molecule has 326 valence electrons. The third kappa shape index (κ3) is 20.3. The zero-order valence-corrected chi connectivity index (χ0v) is 38.8. The van der Waals surface area contributed by atoms with Gasteiger partial charge in [-0.2, -0.15) is 12.6 Å². The number of likely N-dealkylation sites (tertiary alicyclic amines) is 1. The van der Waals surface area contributed by atoms with Gasteiger partial charge in [-0.15, -0.1) is 0 Å². The largest absolute Gasteiger partial charge is 0.483 e. The van der Waals surface area contributed by atoms with Crippen LogP contribution < -0.4 is 11.0 Å². The van der Waals surface area contributed by atoms with E-state index in [-0.39, 0.29) is 22.4 Å². The highest BCUT2D eigenvalue weighted by molar-refractivity contribution is 7.81. The van der Waals surface area contributed by atoms with Crippen molar-refractivity contribution in [3.8, 4) is 0 Å². The molecule has 0 amide bonds. The molecule has 0 spiro atoms. The number of thiol groups is 1. The van der Waals surface area contributed by atoms with Gasteiger partial charge in [0.2, 0.25) is 0 Å². The zero-order chi connectivity index (χ0) is 43.8. The molecule has 0 bridgehead atoms. The fraction of sp³-hybridized carbons (Fsp3) is 0.667. The summed E-state index contributed by atoms with van der Waals surface area (Å²) in [7, 11) is 0. The number of ether oxygens (including phenoxy) is 2. The van der Waals surface area contributed by atoms with Crippen LogP contribution in [0.3, 0.4) is 0 Å². The average molecular weight is 818 g/mol. The lowest BCUT2D eigenvalue weighted by molar-refractivity contribution is -0.231. The molecule has 2 aromatic rings. The molecule has 12 heteroatoms. The number of carboxylic acid groups (broad SMARTS) is 1. The third-order valence-electron chi connectivity index (χ3n) is 10.8. The summed E-state index contributed by atoms with van der Waals surface area (Å²) < 4.78 is 10.9. The van der Waals surface area contributed by atoms with Gasteiger partial charge in [0, 0.05) is 53.8 Å².